The topological polar surface area (TPSA) is 58.6 Å². The van der Waals surface area contributed by atoms with Gasteiger partial charge in [0, 0.05) is 52.0 Å². The third-order valence-electron chi connectivity index (χ3n) is 5.26. The fourth-order valence-corrected chi connectivity index (χ4v) is 3.33. The molecular formula is C26H42N4O3. The van der Waals surface area contributed by atoms with Crippen LogP contribution in [0.2, 0.25) is 0 Å². The lowest BCUT2D eigenvalue weighted by Crippen LogP contribution is -2.36. The number of morpholine rings is 1. The van der Waals surface area contributed by atoms with Gasteiger partial charge in [-0.3, -0.25) is 5.01 Å². The quantitative estimate of drug-likeness (QED) is 0.173. The average molecular weight is 459 g/mol. The highest BCUT2D eigenvalue weighted by atomic mass is 16.5. The molecule has 1 N–H and O–H groups in total. The van der Waals surface area contributed by atoms with Crippen molar-refractivity contribution in [3.05, 3.63) is 36.6 Å². The molecule has 2 rings (SSSR count). The van der Waals surface area contributed by atoms with Crippen LogP contribution in [-0.2, 0) is 4.74 Å². The molecule has 0 amide bonds. The number of nitrogens with one attached hydrogen (secondary N) is 1. The molecule has 1 aromatic rings. The van der Waals surface area contributed by atoms with Gasteiger partial charge in [-0.1, -0.05) is 38.8 Å². The molecule has 1 aliphatic heterocycles. The molecule has 0 saturated carbocycles. The number of nitrogens with zero attached hydrogens (tertiary/aromatic N) is 3. The van der Waals surface area contributed by atoms with Crippen molar-refractivity contribution in [1.29, 1.82) is 0 Å². The Labute approximate surface area is 200 Å². The Morgan fingerprint density at radius 3 is 2.42 bits per heavy atom. The average Bonchev–Trinajstić information content (AvgIpc) is 2.84. The summed E-state index contributed by atoms with van der Waals surface area (Å²) in [6.45, 7) is 8.87. The van der Waals surface area contributed by atoms with Crippen molar-refractivity contribution in [2.45, 2.75) is 46.0 Å². The van der Waals surface area contributed by atoms with Gasteiger partial charge in [-0.15, -0.1) is 0 Å². The SMILES string of the molecule is CCCCOc1cc(N(C)/N=C/C/C=C\C=C/NC)c(OCCCC)cc1N1CCOCC1. The number of hydrazone groups is 1. The summed E-state index contributed by atoms with van der Waals surface area (Å²) in [6.07, 6.45) is 14.8. The van der Waals surface area contributed by atoms with Crippen LogP contribution in [-0.4, -0.2) is 59.8 Å². The molecule has 0 atom stereocenters. The number of hydrogen-bond donors (Lipinski definition) is 1. The molecule has 1 saturated heterocycles. The minimum atomic E-state index is 0.681. The highest BCUT2D eigenvalue weighted by Crippen LogP contribution is 2.41. The molecule has 7 heteroatoms. The van der Waals surface area contributed by atoms with Gasteiger partial charge in [0.2, 0.25) is 0 Å². The first-order valence-electron chi connectivity index (χ1n) is 12.2. The van der Waals surface area contributed by atoms with Crippen LogP contribution in [0.5, 0.6) is 11.5 Å². The van der Waals surface area contributed by atoms with Crippen LogP contribution in [0.1, 0.15) is 46.0 Å². The van der Waals surface area contributed by atoms with Crippen LogP contribution in [0.4, 0.5) is 11.4 Å². The molecule has 0 spiro atoms. The lowest BCUT2D eigenvalue weighted by molar-refractivity contribution is 0.122. The van der Waals surface area contributed by atoms with Gasteiger partial charge in [0.25, 0.3) is 0 Å². The Bertz CT molecular complexity index is 758. The first-order chi connectivity index (χ1) is 16.2. The van der Waals surface area contributed by atoms with E-state index in [1.54, 1.807) is 0 Å². The van der Waals surface area contributed by atoms with E-state index in [-0.39, 0.29) is 0 Å². The lowest BCUT2D eigenvalue weighted by atomic mass is 10.2. The van der Waals surface area contributed by atoms with Gasteiger partial charge in [0.1, 0.15) is 17.2 Å². The summed E-state index contributed by atoms with van der Waals surface area (Å²) in [4.78, 5) is 2.33. The monoisotopic (exact) mass is 458 g/mol. The fraction of sp³-hybridized carbons (Fsp3) is 0.577. The number of ether oxygens (including phenoxy) is 3. The largest absolute Gasteiger partial charge is 0.491 e. The Morgan fingerprint density at radius 1 is 1.06 bits per heavy atom. The van der Waals surface area contributed by atoms with Crippen LogP contribution >= 0.6 is 0 Å². The number of unbranched alkanes of at least 4 members (excludes halogenated alkanes) is 2. The third kappa shape index (κ3) is 9.38. The van der Waals surface area contributed by atoms with Crippen molar-refractivity contribution in [3.8, 4) is 11.5 Å². The normalized spacial score (nSPS) is 14.5. The highest BCUT2D eigenvalue weighted by Gasteiger charge is 2.21. The summed E-state index contributed by atoms with van der Waals surface area (Å²) < 4.78 is 18.0. The molecule has 7 nitrogen and oxygen atoms in total. The molecule has 1 aromatic carbocycles. The summed E-state index contributed by atoms with van der Waals surface area (Å²) in [5.41, 5.74) is 1.98. The maximum atomic E-state index is 6.24. The Kier molecular flexibility index (Phi) is 12.9. The van der Waals surface area contributed by atoms with E-state index in [0.717, 1.165) is 81.3 Å². The van der Waals surface area contributed by atoms with E-state index in [1.807, 2.05) is 43.7 Å². The van der Waals surface area contributed by atoms with Crippen LogP contribution in [0.25, 0.3) is 0 Å². The van der Waals surface area contributed by atoms with E-state index in [2.05, 4.69) is 47.4 Å². The summed E-state index contributed by atoms with van der Waals surface area (Å²) in [6, 6.07) is 4.19. The Hall–Kier alpha value is -2.67. The van der Waals surface area contributed by atoms with E-state index in [1.165, 1.54) is 0 Å². The second kappa shape index (κ2) is 16.0. The molecule has 33 heavy (non-hydrogen) atoms. The number of hydrogen-bond acceptors (Lipinski definition) is 7. The van der Waals surface area contributed by atoms with E-state index >= 15 is 0 Å². The second-order valence-electron chi connectivity index (χ2n) is 7.92. The molecule has 1 fully saturated rings. The maximum Gasteiger partial charge on any atom is 0.146 e. The van der Waals surface area contributed by atoms with Gasteiger partial charge in [0.15, 0.2) is 0 Å². The summed E-state index contributed by atoms with van der Waals surface area (Å²) >= 11 is 0. The minimum Gasteiger partial charge on any atom is -0.491 e. The number of allylic oxidation sites excluding steroid dienone is 3. The summed E-state index contributed by atoms with van der Waals surface area (Å²) in [7, 11) is 3.83. The molecule has 1 aliphatic rings. The molecule has 0 unspecified atom stereocenters. The zero-order valence-electron chi connectivity index (χ0n) is 20.9. The predicted octanol–water partition coefficient (Wildman–Crippen LogP) is 4.98. The van der Waals surface area contributed by atoms with Crippen molar-refractivity contribution in [2.75, 3.05) is 63.5 Å². The van der Waals surface area contributed by atoms with E-state index in [0.29, 0.717) is 13.2 Å². The predicted molar refractivity (Wildman–Crippen MR) is 139 cm³/mol. The van der Waals surface area contributed by atoms with Crippen LogP contribution in [0.15, 0.2) is 41.7 Å². The van der Waals surface area contributed by atoms with Crippen molar-refractivity contribution in [3.63, 3.8) is 0 Å². The molecular weight excluding hydrogens is 416 g/mol. The maximum absolute atomic E-state index is 6.24. The minimum absolute atomic E-state index is 0.681. The van der Waals surface area contributed by atoms with Crippen LogP contribution < -0.4 is 24.7 Å². The van der Waals surface area contributed by atoms with Crippen LogP contribution in [0.3, 0.4) is 0 Å². The molecule has 0 aliphatic carbocycles. The molecule has 0 aromatic heterocycles. The fourth-order valence-electron chi connectivity index (χ4n) is 3.33. The number of anilines is 2. The summed E-state index contributed by atoms with van der Waals surface area (Å²) in [5.74, 6) is 1.71. The zero-order chi connectivity index (χ0) is 23.7. The van der Waals surface area contributed by atoms with Crippen molar-refractivity contribution >= 4 is 17.6 Å². The van der Waals surface area contributed by atoms with E-state index in [9.17, 15) is 0 Å². The van der Waals surface area contributed by atoms with Gasteiger partial charge in [-0.2, -0.15) is 5.10 Å². The van der Waals surface area contributed by atoms with Gasteiger partial charge in [-0.25, -0.2) is 0 Å². The standard InChI is InChI=1S/C26H42N4O3/c1-5-7-17-32-25-22-24(30-15-19-31-20-16-30)26(33-18-8-6-2)21-23(25)29(4)28-14-12-10-9-11-13-27-3/h9-11,13-14,21-22,27H,5-8,12,15-20H2,1-4H3/b10-9-,13-11-,28-14+. The van der Waals surface area contributed by atoms with Gasteiger partial charge in [-0.05, 0) is 25.1 Å². The first-order valence-corrected chi connectivity index (χ1v) is 12.2. The van der Waals surface area contributed by atoms with Crippen molar-refractivity contribution < 1.29 is 14.2 Å². The van der Waals surface area contributed by atoms with Crippen LogP contribution in [0, 0.1) is 0 Å². The number of rotatable bonds is 15. The molecule has 0 radical (unpaired) electrons. The Balaban J connectivity index is 2.28. The van der Waals surface area contributed by atoms with Gasteiger partial charge >= 0.3 is 0 Å². The van der Waals surface area contributed by atoms with Crippen molar-refractivity contribution in [2.24, 2.45) is 5.10 Å². The number of benzene rings is 1. The zero-order valence-corrected chi connectivity index (χ0v) is 20.9. The second-order valence-corrected chi connectivity index (χ2v) is 7.92. The van der Waals surface area contributed by atoms with E-state index < -0.39 is 0 Å². The lowest BCUT2D eigenvalue weighted by Gasteiger charge is -2.31. The summed E-state index contributed by atoms with van der Waals surface area (Å²) in [5, 5.41) is 9.47. The van der Waals surface area contributed by atoms with Crippen molar-refractivity contribution in [1.82, 2.24) is 5.32 Å². The third-order valence-corrected chi connectivity index (χ3v) is 5.26. The first kappa shape index (κ1) is 26.6. The van der Waals surface area contributed by atoms with Gasteiger partial charge in [0.05, 0.1) is 32.1 Å². The Morgan fingerprint density at radius 2 is 1.76 bits per heavy atom. The highest BCUT2D eigenvalue weighted by molar-refractivity contribution is 5.73. The smallest absolute Gasteiger partial charge is 0.146 e. The van der Waals surface area contributed by atoms with E-state index in [4.69, 9.17) is 14.2 Å². The van der Waals surface area contributed by atoms with Gasteiger partial charge < -0.3 is 24.4 Å². The molecule has 1 heterocycles. The molecule has 184 valence electrons. The molecule has 0 bridgehead atoms.